The van der Waals surface area contributed by atoms with Gasteiger partial charge in [0.2, 0.25) is 0 Å². The molecule has 57 heavy (non-hydrogen) atoms. The summed E-state index contributed by atoms with van der Waals surface area (Å²) in [6.45, 7) is 4.37. The van der Waals surface area contributed by atoms with Crippen molar-refractivity contribution in [2.24, 2.45) is 11.8 Å². The van der Waals surface area contributed by atoms with Gasteiger partial charge < -0.3 is 0 Å². The Kier molecular flexibility index (Phi) is 12.8. The molecule has 0 bridgehead atoms. The highest BCUT2D eigenvalue weighted by molar-refractivity contribution is 5.78. The quantitative estimate of drug-likeness (QED) is 0.115. The maximum atomic E-state index is 14.7. The van der Waals surface area contributed by atoms with Crippen molar-refractivity contribution in [1.82, 2.24) is 0 Å². The Labute approximate surface area is 353 Å². The van der Waals surface area contributed by atoms with E-state index < -0.39 is 52.2 Å². The minimum absolute atomic E-state index is 0. The highest BCUT2D eigenvalue weighted by Gasteiger charge is 2.26. The van der Waals surface area contributed by atoms with Gasteiger partial charge in [-0.25, -0.2) is 26.3 Å². The Morgan fingerprint density at radius 3 is 1.26 bits per heavy atom. The molecular weight excluding hydrogens is 751 g/mol. The zero-order chi connectivity index (χ0) is 54.6. The molecule has 0 aliphatic heterocycles. The minimum atomic E-state index is -4.69. The largest absolute Gasteiger partial charge is 0.409 e. The lowest BCUT2D eigenvalue weighted by Crippen LogP contribution is -2.13. The second-order valence-electron chi connectivity index (χ2n) is 15.2. The molecule has 6 rings (SSSR count). The molecule has 4 aromatic carbocycles. The topological polar surface area (TPSA) is 17.1 Å². The van der Waals surface area contributed by atoms with Crippen LogP contribution in [0.4, 0.5) is 39.5 Å². The average Bonchev–Trinajstić information content (AvgIpc) is 3.38. The number of hydrogen-bond acceptors (Lipinski definition) is 1. The third-order valence-corrected chi connectivity index (χ3v) is 11.4. The monoisotopic (exact) mass is 849 g/mol. The summed E-state index contributed by atoms with van der Waals surface area (Å²) in [5, 5.41) is 0. The molecule has 4 aromatic rings. The van der Waals surface area contributed by atoms with Crippen LogP contribution in [0.3, 0.4) is 0 Å². The van der Waals surface area contributed by atoms with Crippen molar-refractivity contribution in [3.63, 3.8) is 0 Å². The summed E-state index contributed by atoms with van der Waals surface area (Å²) in [6.07, 6.45) is 9.05. The summed E-state index contributed by atoms with van der Waals surface area (Å²) in [4.78, 5) is 10.7. The Bertz CT molecular complexity index is 1990. The van der Waals surface area contributed by atoms with Crippen molar-refractivity contribution in [3.8, 4) is 22.3 Å². The molecule has 0 saturated heterocycles. The first kappa shape index (κ1) is 35.8. The molecule has 1 nitrogen and oxygen atoms in total. The van der Waals surface area contributed by atoms with Crippen LogP contribution in [0.15, 0.2) is 66.7 Å². The summed E-state index contributed by atoms with van der Waals surface area (Å²) in [5.41, 5.74) is 0.590. The van der Waals surface area contributed by atoms with Crippen molar-refractivity contribution in [2.45, 2.75) is 116 Å². The van der Waals surface area contributed by atoms with E-state index in [0.717, 1.165) is 92.2 Å². The predicted octanol–water partition coefficient (Wildman–Crippen LogP) is 17.7. The van der Waals surface area contributed by atoms with Crippen LogP contribution in [-0.2, 0) is 0 Å². The number of hydrogen-bond donors (Lipinski definition) is 0. The molecule has 0 spiro atoms. The number of rotatable bonds is 10. The molecule has 2 aliphatic carbocycles. The fraction of sp³-hybridized carbons (Fsp3) is 0.426. The van der Waals surface area contributed by atoms with Crippen molar-refractivity contribution in [2.75, 3.05) is 0 Å². The van der Waals surface area contributed by atoms with Crippen molar-refractivity contribution in [1.29, 1.82) is 0 Å². The fourth-order valence-electron chi connectivity index (χ4n) is 8.35. The first-order valence-electron chi connectivity index (χ1n) is 26.5. The van der Waals surface area contributed by atoms with E-state index in [4.69, 9.17) is 20.8 Å². The van der Waals surface area contributed by atoms with E-state index in [9.17, 15) is 44.3 Å². The smallest absolute Gasteiger partial charge is 0.298 e. The van der Waals surface area contributed by atoms with Crippen molar-refractivity contribution >= 4 is 12.4 Å². The Hall–Kier alpha value is -4.34. The number of aldehydes is 1. The Balaban J connectivity index is -0.000000328. The number of halogens is 9. The van der Waals surface area contributed by atoms with Gasteiger partial charge in [0.15, 0.2) is 6.29 Å². The summed E-state index contributed by atoms with van der Waals surface area (Å²) in [7, 11) is 0. The highest BCUT2D eigenvalue weighted by Crippen LogP contribution is 2.40. The third kappa shape index (κ3) is 11.9. The number of carbonyl (C=O) groups is 1. The fourth-order valence-corrected chi connectivity index (χ4v) is 8.35. The molecule has 0 N–H and O–H groups in total. The van der Waals surface area contributed by atoms with Gasteiger partial charge in [-0.05, 0) is 140 Å². The molecular formula is C47H67F9O. The number of allylic oxidation sites excluding steroid dienone is 1. The van der Waals surface area contributed by atoms with Crippen LogP contribution in [0, 0.1) is 46.7 Å². The van der Waals surface area contributed by atoms with E-state index in [1.165, 1.54) is 50.3 Å². The van der Waals surface area contributed by atoms with Gasteiger partial charge in [-0.2, -0.15) is 13.2 Å². The highest BCUT2D eigenvalue weighted by atomic mass is 19.4. The third-order valence-electron chi connectivity index (χ3n) is 11.4. The average molecular weight is 849 g/mol. The molecule has 0 aromatic heterocycles. The minimum Gasteiger partial charge on any atom is -0.298 e. The van der Waals surface area contributed by atoms with Crippen LogP contribution in [0.25, 0.3) is 28.3 Å². The summed E-state index contributed by atoms with van der Waals surface area (Å²) >= 11 is 0. The molecule has 0 amide bonds. The van der Waals surface area contributed by atoms with E-state index in [1.54, 1.807) is 12.1 Å². The summed E-state index contributed by atoms with van der Waals surface area (Å²) in [6, 6.07) is 13.3. The van der Waals surface area contributed by atoms with Crippen LogP contribution in [0.1, 0.15) is 159 Å². The van der Waals surface area contributed by atoms with Crippen molar-refractivity contribution < 1.29 is 66.5 Å². The van der Waals surface area contributed by atoms with E-state index in [0.29, 0.717) is 12.0 Å². The van der Waals surface area contributed by atoms with Crippen LogP contribution in [0.5, 0.6) is 0 Å². The van der Waals surface area contributed by atoms with Gasteiger partial charge in [-0.15, -0.1) is 0 Å². The van der Waals surface area contributed by atoms with E-state index in [-0.39, 0.29) is 49.4 Å². The summed E-state index contributed by atoms with van der Waals surface area (Å²) in [5.74, 6) is -3.28. The van der Waals surface area contributed by atoms with E-state index in [1.807, 2.05) is 6.07 Å². The van der Waals surface area contributed by atoms with E-state index in [2.05, 4.69) is 13.8 Å². The van der Waals surface area contributed by atoms with Gasteiger partial charge in [0.05, 0.1) is 5.56 Å². The maximum absolute atomic E-state index is 14.7. The van der Waals surface area contributed by atoms with Gasteiger partial charge in [-0.1, -0.05) is 71.2 Å². The van der Waals surface area contributed by atoms with Crippen molar-refractivity contribution in [3.05, 3.63) is 124 Å². The molecule has 0 heterocycles. The zero-order valence-electron chi connectivity index (χ0n) is 45.6. The second-order valence-corrected chi connectivity index (χ2v) is 15.2. The van der Waals surface area contributed by atoms with Gasteiger partial charge in [-0.3, -0.25) is 4.79 Å². The lowest BCUT2D eigenvalue weighted by Gasteiger charge is -2.28. The van der Waals surface area contributed by atoms with Crippen LogP contribution in [0.2, 0.25) is 0 Å². The van der Waals surface area contributed by atoms with Gasteiger partial charge in [0.25, 0.3) is 0 Å². The van der Waals surface area contributed by atoms with E-state index >= 15 is 0 Å². The molecule has 0 radical (unpaired) electrons. The number of alkyl halides is 3. The molecule has 0 atom stereocenters. The molecule has 2 fully saturated rings. The van der Waals surface area contributed by atoms with Gasteiger partial charge in [0, 0.05) is 45.0 Å². The van der Waals surface area contributed by atoms with Crippen LogP contribution >= 0.6 is 0 Å². The molecule has 2 aliphatic rings. The molecule has 0 unspecified atom stereocenters. The van der Waals surface area contributed by atoms with Gasteiger partial charge in [0.1, 0.15) is 34.9 Å². The maximum Gasteiger partial charge on any atom is 0.409 e. The lowest BCUT2D eigenvalue weighted by atomic mass is 9.77. The Morgan fingerprint density at radius 2 is 0.947 bits per heavy atom. The van der Waals surface area contributed by atoms with Crippen LogP contribution < -0.4 is 0 Å². The molecule has 2 saturated carbocycles. The standard InChI is InChI=1S/C24H24F6.C22H23F3O.CH4.8H2/c1-2-3-15-4-6-16(7-5-15)17-8-9-19(21(25)12-17)18-13-22(26)20(23(27)14-18)10-11-24(28,29)30;1-2-3-14-4-6-15(7-5-14)16-8-9-18(20(23)10-16)17-11-21(24)19(13-26)22(25)12-17;;;;;;;;;/h8-16H,2-7H2,1H3;8-15H,2-7H2,1H3;1H4;8*1H/b11-10+;;;;;;;;;;/i;;;7*1+2T;1+2. The van der Waals surface area contributed by atoms with Crippen LogP contribution in [-0.4, -0.2) is 12.5 Å². The second kappa shape index (κ2) is 20.4. The van der Waals surface area contributed by atoms with Gasteiger partial charge >= 0.3 is 6.18 Å². The predicted molar refractivity (Wildman–Crippen MR) is 227 cm³/mol. The molecule has 10 heteroatoms. The first-order chi connectivity index (χ1) is 33.7. The molecule has 324 valence electrons. The summed E-state index contributed by atoms with van der Waals surface area (Å²) < 4.78 is 192. The SMILES string of the molecule is C.CCCC1CCC(c2ccc(-c3cc(F)c(/C=C/C(F)(F)F)c(F)c3)c(F)c2)CC1.CCCC1CCC(c2ccc(-c3cc(F)c(C=O)c(F)c3)c(F)c2)CC1.[3HH].[3H][3H].[3H][3H].[3H][3H].[3H][3H].[3H][3H].[3H][3H].[3H][3H]. The normalized spacial score (nSPS) is 20.8. The number of benzene rings is 4. The first-order valence-corrected chi connectivity index (χ1v) is 19.5. The lowest BCUT2D eigenvalue weighted by molar-refractivity contribution is -0.0790. The Morgan fingerprint density at radius 1 is 0.579 bits per heavy atom. The number of carbonyl (C=O) groups excluding carboxylic acids is 1. The zero-order valence-corrected chi connectivity index (χ0v) is 31.6.